The minimum atomic E-state index is -1.61. The van der Waals surface area contributed by atoms with E-state index >= 15 is 0 Å². The molecule has 0 radical (unpaired) electrons. The summed E-state index contributed by atoms with van der Waals surface area (Å²) in [5.41, 5.74) is 2.20. The Bertz CT molecular complexity index is 560. The smallest absolute Gasteiger partial charge is 0.133 e. The van der Waals surface area contributed by atoms with Crippen LogP contribution in [0.1, 0.15) is 5.56 Å². The zero-order valence-corrected chi connectivity index (χ0v) is 15.2. The molecule has 0 spiro atoms. The highest BCUT2D eigenvalue weighted by atomic mass is 29.3. The van der Waals surface area contributed by atoms with Gasteiger partial charge in [-0.05, 0) is 25.2 Å². The quantitative estimate of drug-likeness (QED) is 0.591. The van der Waals surface area contributed by atoms with Crippen molar-refractivity contribution in [1.82, 2.24) is 4.57 Å². The molecule has 0 amide bonds. The predicted molar refractivity (Wildman–Crippen MR) is 92.9 cm³/mol. The Morgan fingerprint density at radius 3 is 2.00 bits per heavy atom. The summed E-state index contributed by atoms with van der Waals surface area (Å²) < 4.78 is 2.62. The van der Waals surface area contributed by atoms with Crippen molar-refractivity contribution in [3.8, 4) is 0 Å². The minimum Gasteiger partial charge on any atom is -0.330 e. The van der Waals surface area contributed by atoms with Crippen LogP contribution in [0.25, 0.3) is 0 Å². The summed E-state index contributed by atoms with van der Waals surface area (Å²) in [6.45, 7) is 7.83. The van der Waals surface area contributed by atoms with Gasteiger partial charge in [0.1, 0.15) is 7.75 Å². The van der Waals surface area contributed by atoms with Crippen LogP contribution in [-0.2, 0) is 5.04 Å². The summed E-state index contributed by atoms with van der Waals surface area (Å²) in [5.74, 6) is 0. The molecule has 20 heavy (non-hydrogen) atoms. The molecule has 1 atom stereocenters. The maximum Gasteiger partial charge on any atom is 0.133 e. The molecule has 0 aromatic heterocycles. The topological polar surface area (TPSA) is 3.24 Å². The Morgan fingerprint density at radius 2 is 1.50 bits per heavy atom. The van der Waals surface area contributed by atoms with Crippen LogP contribution in [0.3, 0.4) is 0 Å². The highest BCUT2D eigenvalue weighted by molar-refractivity contribution is 7.42. The second-order valence-corrected chi connectivity index (χ2v) is 21.9. The van der Waals surface area contributed by atoms with Crippen LogP contribution in [0.5, 0.6) is 0 Å². The van der Waals surface area contributed by atoms with E-state index in [-0.39, 0.29) is 5.04 Å². The van der Waals surface area contributed by atoms with Gasteiger partial charge in [0, 0.05) is 5.04 Å². The molecule has 1 aromatic carbocycles. The molecule has 0 saturated carbocycles. The Morgan fingerprint density at radius 1 is 0.950 bits per heavy atom. The predicted octanol–water partition coefficient (Wildman–Crippen LogP) is 3.90. The van der Waals surface area contributed by atoms with Crippen LogP contribution in [0.2, 0.25) is 25.2 Å². The van der Waals surface area contributed by atoms with Gasteiger partial charge in [0.25, 0.3) is 0 Å². The number of rotatable bonds is 2. The molecule has 2 aliphatic heterocycles. The van der Waals surface area contributed by atoms with Crippen molar-refractivity contribution >= 4 is 15.3 Å². The van der Waals surface area contributed by atoms with Crippen molar-refractivity contribution in [3.05, 3.63) is 60.2 Å². The Balaban J connectivity index is 2.30. The summed E-state index contributed by atoms with van der Waals surface area (Å²) in [6, 6.07) is 11.1. The van der Waals surface area contributed by atoms with E-state index in [9.17, 15) is 0 Å². The molecule has 3 heteroatoms. The zero-order valence-electron chi connectivity index (χ0n) is 13.2. The third-order valence-corrected chi connectivity index (χ3v) is 25.9. The van der Waals surface area contributed by atoms with Gasteiger partial charge in [-0.2, -0.15) is 0 Å². The third-order valence-electron chi connectivity index (χ3n) is 6.17. The number of hydrogen-bond acceptors (Lipinski definition) is 1. The first-order chi connectivity index (χ1) is 9.36. The average Bonchev–Trinajstić information content (AvgIpc) is 2.45. The van der Waals surface area contributed by atoms with E-state index < -0.39 is 15.3 Å². The van der Waals surface area contributed by atoms with Gasteiger partial charge >= 0.3 is 0 Å². The fourth-order valence-electron chi connectivity index (χ4n) is 4.43. The molecular formula is C17H25NSi2. The first-order valence-electron chi connectivity index (χ1n) is 7.48. The van der Waals surface area contributed by atoms with Gasteiger partial charge < -0.3 is 4.57 Å². The molecule has 1 nitrogen and oxygen atoms in total. The normalized spacial score (nSPS) is 37.6. The van der Waals surface area contributed by atoms with Gasteiger partial charge in [0.2, 0.25) is 0 Å². The Hall–Kier alpha value is -0.906. The first-order valence-corrected chi connectivity index (χ1v) is 14.0. The van der Waals surface area contributed by atoms with Crippen LogP contribution in [0, 0.1) is 0 Å². The number of allylic oxidation sites excluding steroid dienone is 4. The standard InChI is InChI=1S/C17H25NSi2/c1-18(2)20(5)17(15-9-7-6-8-10-15)13-11-16(12-14-17)19(20,3)4/h6-14,16H,1-5H3. The average molecular weight is 300 g/mol. The van der Waals surface area contributed by atoms with Crippen molar-refractivity contribution < 1.29 is 0 Å². The lowest BCUT2D eigenvalue weighted by Gasteiger charge is -2.62. The monoisotopic (exact) mass is 299 g/mol. The fourth-order valence-corrected chi connectivity index (χ4v) is 20.9. The lowest BCUT2D eigenvalue weighted by atomic mass is 9.93. The third kappa shape index (κ3) is 1.46. The number of nitrogens with zero attached hydrogens (tertiary/aromatic N) is 1. The molecule has 1 aliphatic carbocycles. The Labute approximate surface area is 124 Å². The Kier molecular flexibility index (Phi) is 3.02. The molecule has 4 rings (SSSR count). The summed E-state index contributed by atoms with van der Waals surface area (Å²) in [7, 11) is 1.66. The van der Waals surface area contributed by atoms with Gasteiger partial charge in [-0.25, -0.2) is 0 Å². The van der Waals surface area contributed by atoms with E-state index in [1.54, 1.807) is 0 Å². The van der Waals surface area contributed by atoms with E-state index in [4.69, 9.17) is 0 Å². The van der Waals surface area contributed by atoms with Crippen LogP contribution in [0.4, 0.5) is 0 Å². The van der Waals surface area contributed by atoms with E-state index in [2.05, 4.69) is 92.9 Å². The van der Waals surface area contributed by atoms with Crippen LogP contribution in [0.15, 0.2) is 54.6 Å². The second kappa shape index (κ2) is 4.29. The highest BCUT2D eigenvalue weighted by Gasteiger charge is 2.65. The SMILES string of the molecule is CN(C)[Si]1(C)C2(c3ccccc3)C=CC(C=C2)[Si]1(C)C. The van der Waals surface area contributed by atoms with Crippen molar-refractivity contribution in [3.63, 3.8) is 0 Å². The van der Waals surface area contributed by atoms with Crippen molar-refractivity contribution in [2.75, 3.05) is 14.1 Å². The van der Waals surface area contributed by atoms with Gasteiger partial charge in [-0.15, -0.1) is 0 Å². The summed E-state index contributed by atoms with van der Waals surface area (Å²) in [6.07, 6.45) is 10.0. The molecule has 0 saturated heterocycles. The molecule has 0 fully saturated rings. The molecule has 3 aliphatic rings. The summed E-state index contributed by atoms with van der Waals surface area (Å²) >= 11 is 0. The number of benzene rings is 1. The van der Waals surface area contributed by atoms with Crippen molar-refractivity contribution in [1.29, 1.82) is 0 Å². The van der Waals surface area contributed by atoms with E-state index in [0.29, 0.717) is 5.54 Å². The summed E-state index contributed by atoms with van der Waals surface area (Å²) in [5, 5.41) is 0.155. The maximum atomic E-state index is 2.62. The second-order valence-electron chi connectivity index (χ2n) is 7.17. The van der Waals surface area contributed by atoms with Crippen molar-refractivity contribution in [2.24, 2.45) is 0 Å². The van der Waals surface area contributed by atoms with Crippen LogP contribution < -0.4 is 0 Å². The van der Waals surface area contributed by atoms with Gasteiger partial charge in [0.05, 0.1) is 7.59 Å². The molecule has 1 aromatic rings. The minimum absolute atomic E-state index is 0.155. The zero-order chi connectivity index (χ0) is 14.6. The van der Waals surface area contributed by atoms with E-state index in [1.165, 1.54) is 5.56 Å². The molecule has 2 heterocycles. The lowest BCUT2D eigenvalue weighted by Crippen LogP contribution is -2.79. The summed E-state index contributed by atoms with van der Waals surface area (Å²) in [4.78, 5) is 0. The molecular weight excluding hydrogens is 274 g/mol. The highest BCUT2D eigenvalue weighted by Crippen LogP contribution is 2.54. The first kappa shape index (κ1) is 14.0. The van der Waals surface area contributed by atoms with Crippen LogP contribution in [-0.4, -0.2) is 34.0 Å². The lowest BCUT2D eigenvalue weighted by molar-refractivity contribution is 0.591. The number of fused-ring (bicyclic) bond motifs is 1. The van der Waals surface area contributed by atoms with Crippen LogP contribution >= 0.6 is 0 Å². The molecule has 0 N–H and O–H groups in total. The van der Waals surface area contributed by atoms with E-state index in [1.807, 2.05) is 0 Å². The van der Waals surface area contributed by atoms with Gasteiger partial charge in [-0.3, -0.25) is 0 Å². The fraction of sp³-hybridized carbons (Fsp3) is 0.412. The van der Waals surface area contributed by atoms with Crippen molar-refractivity contribution in [2.45, 2.75) is 30.2 Å². The largest absolute Gasteiger partial charge is 0.330 e. The number of hydrogen-bond donors (Lipinski definition) is 0. The maximum absolute atomic E-state index is 2.62. The van der Waals surface area contributed by atoms with Gasteiger partial charge in [-0.1, -0.05) is 74.3 Å². The van der Waals surface area contributed by atoms with E-state index in [0.717, 1.165) is 0 Å². The molecule has 106 valence electrons. The van der Waals surface area contributed by atoms with Gasteiger partial charge in [0.15, 0.2) is 0 Å². The molecule has 2 bridgehead atoms. The molecule has 1 unspecified atom stereocenters.